The smallest absolute Gasteiger partial charge is 0.305 e. The SMILES string of the molecule is CCC(=O)OCC(C)C(C)CC. The number of esters is 1. The molecule has 0 spiro atoms. The summed E-state index contributed by atoms with van der Waals surface area (Å²) in [5, 5.41) is 0. The van der Waals surface area contributed by atoms with Gasteiger partial charge >= 0.3 is 5.97 Å². The first-order valence-electron chi connectivity index (χ1n) is 4.77. The second-order valence-electron chi connectivity index (χ2n) is 3.40. The average molecular weight is 172 g/mol. The molecule has 0 amide bonds. The van der Waals surface area contributed by atoms with Gasteiger partial charge in [-0.25, -0.2) is 0 Å². The zero-order valence-electron chi connectivity index (χ0n) is 8.59. The molecule has 2 heteroatoms. The van der Waals surface area contributed by atoms with Gasteiger partial charge in [-0.05, 0) is 11.8 Å². The van der Waals surface area contributed by atoms with Crippen molar-refractivity contribution in [2.45, 2.75) is 40.5 Å². The zero-order chi connectivity index (χ0) is 9.56. The van der Waals surface area contributed by atoms with Gasteiger partial charge in [0.1, 0.15) is 0 Å². The Morgan fingerprint density at radius 3 is 2.25 bits per heavy atom. The number of rotatable bonds is 5. The maximum absolute atomic E-state index is 10.8. The molecule has 0 fully saturated rings. The van der Waals surface area contributed by atoms with E-state index in [-0.39, 0.29) is 5.97 Å². The third-order valence-electron chi connectivity index (χ3n) is 2.41. The van der Waals surface area contributed by atoms with Crippen molar-refractivity contribution in [1.82, 2.24) is 0 Å². The summed E-state index contributed by atoms with van der Waals surface area (Å²) in [7, 11) is 0. The highest BCUT2D eigenvalue weighted by molar-refractivity contribution is 5.68. The summed E-state index contributed by atoms with van der Waals surface area (Å²) in [6, 6.07) is 0. The molecule has 0 heterocycles. The van der Waals surface area contributed by atoms with Crippen molar-refractivity contribution in [2.75, 3.05) is 6.61 Å². The van der Waals surface area contributed by atoms with Gasteiger partial charge in [0.2, 0.25) is 0 Å². The van der Waals surface area contributed by atoms with Gasteiger partial charge in [-0.15, -0.1) is 0 Å². The Morgan fingerprint density at radius 2 is 1.83 bits per heavy atom. The summed E-state index contributed by atoms with van der Waals surface area (Å²) in [5.74, 6) is 1.02. The summed E-state index contributed by atoms with van der Waals surface area (Å²) < 4.78 is 5.04. The Bertz CT molecular complexity index is 132. The average Bonchev–Trinajstić information content (AvgIpc) is 2.11. The van der Waals surface area contributed by atoms with Gasteiger partial charge in [-0.1, -0.05) is 34.1 Å². The van der Waals surface area contributed by atoms with Gasteiger partial charge < -0.3 is 4.74 Å². The highest BCUT2D eigenvalue weighted by Gasteiger charge is 2.11. The first-order valence-corrected chi connectivity index (χ1v) is 4.77. The van der Waals surface area contributed by atoms with E-state index in [2.05, 4.69) is 20.8 Å². The van der Waals surface area contributed by atoms with Crippen molar-refractivity contribution < 1.29 is 9.53 Å². The van der Waals surface area contributed by atoms with Crippen molar-refractivity contribution in [3.63, 3.8) is 0 Å². The van der Waals surface area contributed by atoms with E-state index in [9.17, 15) is 4.79 Å². The standard InChI is InChI=1S/C10H20O2/c1-5-8(3)9(4)7-12-10(11)6-2/h8-9H,5-7H2,1-4H3. The molecule has 0 aromatic rings. The van der Waals surface area contributed by atoms with Crippen LogP contribution < -0.4 is 0 Å². The van der Waals surface area contributed by atoms with Crippen LogP contribution in [-0.4, -0.2) is 12.6 Å². The second kappa shape index (κ2) is 6.04. The summed E-state index contributed by atoms with van der Waals surface area (Å²) in [6.07, 6.45) is 1.62. The highest BCUT2D eigenvalue weighted by atomic mass is 16.5. The minimum atomic E-state index is -0.0925. The Kier molecular flexibility index (Phi) is 5.77. The summed E-state index contributed by atoms with van der Waals surface area (Å²) in [6.45, 7) is 8.85. The number of carbonyl (C=O) groups is 1. The maximum atomic E-state index is 10.8. The molecule has 0 aromatic carbocycles. The van der Waals surface area contributed by atoms with Crippen LogP contribution >= 0.6 is 0 Å². The molecule has 0 saturated carbocycles. The lowest BCUT2D eigenvalue weighted by Crippen LogP contribution is -2.16. The van der Waals surface area contributed by atoms with Crippen LogP contribution in [-0.2, 0) is 9.53 Å². The summed E-state index contributed by atoms with van der Waals surface area (Å²) >= 11 is 0. The van der Waals surface area contributed by atoms with Crippen LogP contribution in [0.4, 0.5) is 0 Å². The molecule has 2 unspecified atom stereocenters. The molecule has 0 N–H and O–H groups in total. The lowest BCUT2D eigenvalue weighted by atomic mass is 9.95. The van der Waals surface area contributed by atoms with E-state index in [0.717, 1.165) is 6.42 Å². The van der Waals surface area contributed by atoms with Crippen molar-refractivity contribution in [2.24, 2.45) is 11.8 Å². The molecule has 0 aliphatic carbocycles. The first-order chi connectivity index (χ1) is 5.61. The summed E-state index contributed by atoms with van der Waals surface area (Å²) in [5.41, 5.74) is 0. The van der Waals surface area contributed by atoms with Crippen LogP contribution in [0.15, 0.2) is 0 Å². The Balaban J connectivity index is 3.56. The van der Waals surface area contributed by atoms with Crippen molar-refractivity contribution in [3.8, 4) is 0 Å². The Labute approximate surface area is 75.3 Å². The van der Waals surface area contributed by atoms with Crippen LogP contribution in [0, 0.1) is 11.8 Å². The molecule has 0 aliphatic rings. The Hall–Kier alpha value is -0.530. The van der Waals surface area contributed by atoms with Gasteiger partial charge in [-0.3, -0.25) is 4.79 Å². The van der Waals surface area contributed by atoms with E-state index in [1.165, 1.54) is 0 Å². The Morgan fingerprint density at radius 1 is 1.25 bits per heavy atom. The third-order valence-corrected chi connectivity index (χ3v) is 2.41. The number of hydrogen-bond acceptors (Lipinski definition) is 2. The van der Waals surface area contributed by atoms with E-state index in [0.29, 0.717) is 24.9 Å². The molecule has 0 bridgehead atoms. The lowest BCUT2D eigenvalue weighted by molar-refractivity contribution is -0.144. The second-order valence-corrected chi connectivity index (χ2v) is 3.40. The van der Waals surface area contributed by atoms with Crippen LogP contribution in [0.25, 0.3) is 0 Å². The van der Waals surface area contributed by atoms with E-state index in [4.69, 9.17) is 4.74 Å². The van der Waals surface area contributed by atoms with Crippen molar-refractivity contribution in [3.05, 3.63) is 0 Å². The fraction of sp³-hybridized carbons (Fsp3) is 0.900. The molecular formula is C10H20O2. The normalized spacial score (nSPS) is 15.3. The van der Waals surface area contributed by atoms with Gasteiger partial charge in [0, 0.05) is 6.42 Å². The molecule has 0 rings (SSSR count). The fourth-order valence-electron chi connectivity index (χ4n) is 0.893. The molecule has 2 nitrogen and oxygen atoms in total. The number of hydrogen-bond donors (Lipinski definition) is 0. The van der Waals surface area contributed by atoms with Gasteiger partial charge in [0.25, 0.3) is 0 Å². The minimum Gasteiger partial charge on any atom is -0.465 e. The predicted molar refractivity (Wildman–Crippen MR) is 49.9 cm³/mol. The molecule has 0 radical (unpaired) electrons. The van der Waals surface area contributed by atoms with E-state index in [1.807, 2.05) is 6.92 Å². The van der Waals surface area contributed by atoms with Gasteiger partial charge in [0.05, 0.1) is 6.61 Å². The van der Waals surface area contributed by atoms with Crippen LogP contribution in [0.2, 0.25) is 0 Å². The number of carbonyl (C=O) groups excluding carboxylic acids is 1. The molecule has 0 saturated heterocycles. The predicted octanol–water partition coefficient (Wildman–Crippen LogP) is 2.62. The minimum absolute atomic E-state index is 0.0925. The van der Waals surface area contributed by atoms with Gasteiger partial charge in [-0.2, -0.15) is 0 Å². The quantitative estimate of drug-likeness (QED) is 0.596. The molecule has 72 valence electrons. The molecule has 0 aromatic heterocycles. The van der Waals surface area contributed by atoms with Crippen molar-refractivity contribution >= 4 is 5.97 Å². The topological polar surface area (TPSA) is 26.3 Å². The third kappa shape index (κ3) is 4.37. The van der Waals surface area contributed by atoms with E-state index in [1.54, 1.807) is 0 Å². The van der Waals surface area contributed by atoms with Crippen LogP contribution in [0.1, 0.15) is 40.5 Å². The first kappa shape index (κ1) is 11.5. The molecule has 2 atom stereocenters. The van der Waals surface area contributed by atoms with E-state index < -0.39 is 0 Å². The summed E-state index contributed by atoms with van der Waals surface area (Å²) in [4.78, 5) is 10.8. The van der Waals surface area contributed by atoms with Crippen LogP contribution in [0.5, 0.6) is 0 Å². The molecular weight excluding hydrogens is 152 g/mol. The van der Waals surface area contributed by atoms with Gasteiger partial charge in [0.15, 0.2) is 0 Å². The van der Waals surface area contributed by atoms with Crippen LogP contribution in [0.3, 0.4) is 0 Å². The highest BCUT2D eigenvalue weighted by Crippen LogP contribution is 2.14. The maximum Gasteiger partial charge on any atom is 0.305 e. The fourth-order valence-corrected chi connectivity index (χ4v) is 0.893. The monoisotopic (exact) mass is 172 g/mol. The van der Waals surface area contributed by atoms with Crippen molar-refractivity contribution in [1.29, 1.82) is 0 Å². The van der Waals surface area contributed by atoms with E-state index >= 15 is 0 Å². The molecule has 0 aliphatic heterocycles. The number of ether oxygens (including phenoxy) is 1. The molecule has 12 heavy (non-hydrogen) atoms. The lowest BCUT2D eigenvalue weighted by Gasteiger charge is -2.17. The zero-order valence-corrected chi connectivity index (χ0v) is 8.59. The largest absolute Gasteiger partial charge is 0.465 e.